The second-order valence-corrected chi connectivity index (χ2v) is 3.92. The van der Waals surface area contributed by atoms with Crippen molar-refractivity contribution < 1.29 is 14.3 Å². The highest BCUT2D eigenvalue weighted by Gasteiger charge is 2.16. The summed E-state index contributed by atoms with van der Waals surface area (Å²) in [4.78, 5) is 19.4. The van der Waals surface area contributed by atoms with Crippen LogP contribution in [0.5, 0.6) is 11.8 Å². The summed E-state index contributed by atoms with van der Waals surface area (Å²) in [5, 5.41) is 2.53. The zero-order valence-electron chi connectivity index (χ0n) is 11.4. The molecule has 1 amide bonds. The van der Waals surface area contributed by atoms with Crippen molar-refractivity contribution in [3.8, 4) is 11.8 Å². The number of nitrogens with one attached hydrogen (secondary N) is 1. The fourth-order valence-electron chi connectivity index (χ4n) is 1.52. The van der Waals surface area contributed by atoms with Crippen molar-refractivity contribution in [3.63, 3.8) is 0 Å². The lowest BCUT2D eigenvalue weighted by Crippen LogP contribution is -2.19. The highest BCUT2D eigenvalue weighted by molar-refractivity contribution is 5.86. The quantitative estimate of drug-likeness (QED) is 0.781. The summed E-state index contributed by atoms with van der Waals surface area (Å²) >= 11 is 0. The van der Waals surface area contributed by atoms with E-state index in [0.29, 0.717) is 12.3 Å². The van der Waals surface area contributed by atoms with Gasteiger partial charge in [0.15, 0.2) is 5.69 Å². The maximum absolute atomic E-state index is 11.8. The van der Waals surface area contributed by atoms with E-state index in [-0.39, 0.29) is 23.4 Å². The molecule has 1 aromatic carbocycles. The molecule has 5 N–H and O–H groups in total. The normalized spacial score (nSPS) is 9.95. The van der Waals surface area contributed by atoms with Gasteiger partial charge in [-0.25, -0.2) is 4.79 Å². The number of aromatic nitrogens is 2. The van der Waals surface area contributed by atoms with Gasteiger partial charge in [-0.1, -0.05) is 18.2 Å². The van der Waals surface area contributed by atoms with Crippen LogP contribution in [0.4, 0.5) is 22.1 Å². The Balaban J connectivity index is 2.13. The lowest BCUT2D eigenvalue weighted by Gasteiger charge is -2.11. The zero-order valence-corrected chi connectivity index (χ0v) is 11.4. The number of nitrogen functional groups attached to an aromatic ring is 2. The van der Waals surface area contributed by atoms with E-state index in [0.717, 1.165) is 0 Å². The first-order valence-corrected chi connectivity index (χ1v) is 6.19. The molecule has 0 saturated heterocycles. The molecule has 2 rings (SSSR count). The van der Waals surface area contributed by atoms with Gasteiger partial charge < -0.3 is 20.9 Å². The van der Waals surface area contributed by atoms with Gasteiger partial charge in [0.1, 0.15) is 0 Å². The Kier molecular flexibility index (Phi) is 4.39. The lowest BCUT2D eigenvalue weighted by atomic mass is 10.3. The molecular formula is C13H15N5O3. The van der Waals surface area contributed by atoms with Crippen LogP contribution in [0.2, 0.25) is 0 Å². The Morgan fingerprint density at radius 3 is 2.52 bits per heavy atom. The summed E-state index contributed by atoms with van der Waals surface area (Å²) in [6.07, 6.45) is -0.742. The van der Waals surface area contributed by atoms with Crippen molar-refractivity contribution in [3.05, 3.63) is 30.3 Å². The highest BCUT2D eigenvalue weighted by atomic mass is 16.6. The Bertz CT molecular complexity index is 633. The van der Waals surface area contributed by atoms with Crippen molar-refractivity contribution in [1.82, 2.24) is 9.97 Å². The maximum atomic E-state index is 11.8. The molecule has 0 aliphatic rings. The molecular weight excluding hydrogens is 274 g/mol. The third kappa shape index (κ3) is 3.72. The van der Waals surface area contributed by atoms with Gasteiger partial charge in [-0.05, 0) is 19.1 Å². The van der Waals surface area contributed by atoms with Crippen LogP contribution in [0.3, 0.4) is 0 Å². The number of anilines is 3. The Hall–Kier alpha value is -3.03. The van der Waals surface area contributed by atoms with Crippen LogP contribution in [-0.2, 0) is 0 Å². The second-order valence-electron chi connectivity index (χ2n) is 3.92. The fourth-order valence-corrected chi connectivity index (χ4v) is 1.52. The summed E-state index contributed by atoms with van der Waals surface area (Å²) in [5.41, 5.74) is 11.9. The van der Waals surface area contributed by atoms with Crippen LogP contribution in [0.15, 0.2) is 30.3 Å². The summed E-state index contributed by atoms with van der Waals surface area (Å²) in [5.74, 6) is -0.179. The second kappa shape index (κ2) is 6.42. The van der Waals surface area contributed by atoms with E-state index in [9.17, 15) is 4.79 Å². The van der Waals surface area contributed by atoms with Gasteiger partial charge in [-0.2, -0.15) is 9.97 Å². The standard InChI is InChI=1S/C13H15N5O3/c1-2-20-10-9(14)11(18-12(15)17-10)21-13(19)16-8-6-4-3-5-7-8/h3-7H,2,14H2,1H3,(H,16,19)(H2,15,17,18). The number of carbonyl (C=O) groups is 1. The number of nitrogens with zero attached hydrogens (tertiary/aromatic N) is 2. The summed E-state index contributed by atoms with van der Waals surface area (Å²) < 4.78 is 10.2. The number of rotatable bonds is 4. The van der Waals surface area contributed by atoms with Gasteiger partial charge in [-0.15, -0.1) is 0 Å². The zero-order chi connectivity index (χ0) is 15.2. The number of para-hydroxylation sites is 1. The van der Waals surface area contributed by atoms with Gasteiger partial charge in [0.2, 0.25) is 11.8 Å². The Morgan fingerprint density at radius 2 is 1.86 bits per heavy atom. The minimum absolute atomic E-state index is 0.00858. The Morgan fingerprint density at radius 1 is 1.19 bits per heavy atom. The molecule has 21 heavy (non-hydrogen) atoms. The van der Waals surface area contributed by atoms with E-state index in [1.807, 2.05) is 6.07 Å². The molecule has 1 heterocycles. The number of carbonyl (C=O) groups excluding carboxylic acids is 1. The van der Waals surface area contributed by atoms with Gasteiger partial charge in [-0.3, -0.25) is 5.32 Å². The summed E-state index contributed by atoms with van der Waals surface area (Å²) in [6, 6.07) is 8.81. The molecule has 0 aliphatic heterocycles. The summed E-state index contributed by atoms with van der Waals surface area (Å²) in [6.45, 7) is 2.11. The third-order valence-electron chi connectivity index (χ3n) is 2.38. The van der Waals surface area contributed by atoms with Gasteiger partial charge in [0.05, 0.1) is 6.61 Å². The van der Waals surface area contributed by atoms with Crippen LogP contribution in [0.25, 0.3) is 0 Å². The Labute approximate surface area is 121 Å². The average molecular weight is 289 g/mol. The molecule has 0 spiro atoms. The molecule has 0 unspecified atom stereocenters. The van der Waals surface area contributed by atoms with Gasteiger partial charge >= 0.3 is 6.09 Å². The molecule has 0 fully saturated rings. The van der Waals surface area contributed by atoms with E-state index in [1.54, 1.807) is 31.2 Å². The van der Waals surface area contributed by atoms with Crippen LogP contribution in [0.1, 0.15) is 6.92 Å². The predicted octanol–water partition coefficient (Wildman–Crippen LogP) is 1.65. The molecule has 2 aromatic rings. The third-order valence-corrected chi connectivity index (χ3v) is 2.38. The minimum Gasteiger partial charge on any atom is -0.476 e. The van der Waals surface area contributed by atoms with Crippen molar-refractivity contribution in [2.24, 2.45) is 0 Å². The van der Waals surface area contributed by atoms with Crippen LogP contribution < -0.4 is 26.3 Å². The smallest absolute Gasteiger partial charge is 0.418 e. The summed E-state index contributed by atoms with van der Waals surface area (Å²) in [7, 11) is 0. The first kappa shape index (κ1) is 14.4. The number of ether oxygens (including phenoxy) is 2. The maximum Gasteiger partial charge on any atom is 0.418 e. The lowest BCUT2D eigenvalue weighted by molar-refractivity contribution is 0.213. The van der Waals surface area contributed by atoms with Crippen molar-refractivity contribution >= 4 is 23.4 Å². The molecule has 0 bridgehead atoms. The van der Waals surface area contributed by atoms with Crippen LogP contribution in [0, 0.1) is 0 Å². The van der Waals surface area contributed by atoms with E-state index < -0.39 is 6.09 Å². The van der Waals surface area contributed by atoms with Crippen molar-refractivity contribution in [2.75, 3.05) is 23.4 Å². The topological polar surface area (TPSA) is 125 Å². The van der Waals surface area contributed by atoms with E-state index in [2.05, 4.69) is 15.3 Å². The molecule has 0 aliphatic carbocycles. The van der Waals surface area contributed by atoms with Crippen molar-refractivity contribution in [1.29, 1.82) is 0 Å². The molecule has 0 saturated carbocycles. The van der Waals surface area contributed by atoms with E-state index in [1.165, 1.54) is 0 Å². The first-order chi connectivity index (χ1) is 10.1. The van der Waals surface area contributed by atoms with Crippen LogP contribution >= 0.6 is 0 Å². The number of hydrogen-bond acceptors (Lipinski definition) is 7. The predicted molar refractivity (Wildman–Crippen MR) is 78.1 cm³/mol. The molecule has 1 aromatic heterocycles. The number of amides is 1. The monoisotopic (exact) mass is 289 g/mol. The van der Waals surface area contributed by atoms with Gasteiger partial charge in [0.25, 0.3) is 5.88 Å². The number of nitrogens with two attached hydrogens (primary N) is 2. The SMILES string of the molecule is CCOc1nc(N)nc(OC(=O)Nc2ccccc2)c1N. The van der Waals surface area contributed by atoms with E-state index >= 15 is 0 Å². The molecule has 110 valence electrons. The molecule has 8 heteroatoms. The number of hydrogen-bond donors (Lipinski definition) is 3. The van der Waals surface area contributed by atoms with E-state index in [4.69, 9.17) is 20.9 Å². The molecule has 0 atom stereocenters. The van der Waals surface area contributed by atoms with Gasteiger partial charge in [0, 0.05) is 5.69 Å². The average Bonchev–Trinajstić information content (AvgIpc) is 2.45. The van der Waals surface area contributed by atoms with Crippen LogP contribution in [-0.4, -0.2) is 22.7 Å². The first-order valence-electron chi connectivity index (χ1n) is 6.19. The fraction of sp³-hybridized carbons (Fsp3) is 0.154. The minimum atomic E-state index is -0.742. The largest absolute Gasteiger partial charge is 0.476 e. The highest BCUT2D eigenvalue weighted by Crippen LogP contribution is 2.29. The molecule has 8 nitrogen and oxygen atoms in total. The number of benzene rings is 1. The van der Waals surface area contributed by atoms with Crippen molar-refractivity contribution in [2.45, 2.75) is 6.92 Å². The molecule has 0 radical (unpaired) electrons.